The molecule has 1 N–H and O–H groups in total. The number of hydrogen-bond donors (Lipinski definition) is 1. The summed E-state index contributed by atoms with van der Waals surface area (Å²) in [5, 5.41) is 10.2. The van der Waals surface area contributed by atoms with Gasteiger partial charge < -0.3 is 10.0 Å². The second-order valence-corrected chi connectivity index (χ2v) is 4.63. The number of halogens is 1. The number of β-amino-alcohol motifs (C(OH)–C–C–N with tert-alkyl or cyclic N) is 1. The number of nitrogens with zero attached hydrogens (tertiary/aromatic N) is 1. The van der Waals surface area contributed by atoms with Crippen molar-refractivity contribution in [1.29, 1.82) is 0 Å². The molecule has 1 fully saturated rings. The highest BCUT2D eigenvalue weighted by atomic mass is 79.9. The second-order valence-electron chi connectivity index (χ2n) is 3.98. The Hall–Kier alpha value is 0.400. The first-order chi connectivity index (χ1) is 6.26. The zero-order chi connectivity index (χ0) is 9.68. The topological polar surface area (TPSA) is 23.5 Å². The highest BCUT2D eigenvalue weighted by Gasteiger charge is 2.19. The molecule has 2 nitrogen and oxygen atoms in total. The lowest BCUT2D eigenvalue weighted by atomic mass is 9.95. The van der Waals surface area contributed by atoms with E-state index in [2.05, 4.69) is 27.8 Å². The molecule has 0 aromatic carbocycles. The minimum atomic E-state index is -0.199. The first-order valence-electron chi connectivity index (χ1n) is 5.22. The molecular weight excluding hydrogens is 230 g/mol. The quantitative estimate of drug-likeness (QED) is 0.770. The van der Waals surface area contributed by atoms with E-state index in [9.17, 15) is 5.11 Å². The van der Waals surface area contributed by atoms with Crippen LogP contribution in [0, 0.1) is 5.92 Å². The van der Waals surface area contributed by atoms with E-state index in [1.807, 2.05) is 0 Å². The summed E-state index contributed by atoms with van der Waals surface area (Å²) in [6, 6.07) is 0. The molecule has 1 rings (SSSR count). The van der Waals surface area contributed by atoms with Crippen molar-refractivity contribution >= 4 is 15.9 Å². The Bertz CT molecular complexity index is 141. The number of rotatable bonds is 4. The van der Waals surface area contributed by atoms with E-state index in [1.54, 1.807) is 0 Å². The van der Waals surface area contributed by atoms with Gasteiger partial charge in [0.05, 0.1) is 6.10 Å². The number of piperidine rings is 1. The van der Waals surface area contributed by atoms with Gasteiger partial charge in [-0.25, -0.2) is 0 Å². The third kappa shape index (κ3) is 3.96. The summed E-state index contributed by atoms with van der Waals surface area (Å²) in [4.78, 5) is 2.39. The van der Waals surface area contributed by atoms with Crippen LogP contribution in [0.15, 0.2) is 0 Å². The van der Waals surface area contributed by atoms with Crippen molar-refractivity contribution < 1.29 is 5.11 Å². The molecule has 0 radical (unpaired) electrons. The maximum Gasteiger partial charge on any atom is 0.0763 e. The van der Waals surface area contributed by atoms with E-state index in [-0.39, 0.29) is 6.10 Å². The normalized spacial score (nSPS) is 27.5. The van der Waals surface area contributed by atoms with Crippen LogP contribution in [0.2, 0.25) is 0 Å². The van der Waals surface area contributed by atoms with E-state index in [1.165, 1.54) is 32.4 Å². The van der Waals surface area contributed by atoms with Gasteiger partial charge in [0.15, 0.2) is 0 Å². The molecule has 0 aromatic heterocycles. The van der Waals surface area contributed by atoms with E-state index < -0.39 is 0 Å². The fraction of sp³-hybridized carbons (Fsp3) is 1.00. The minimum Gasteiger partial charge on any atom is -0.391 e. The maximum absolute atomic E-state index is 9.48. The smallest absolute Gasteiger partial charge is 0.0763 e. The zero-order valence-corrected chi connectivity index (χ0v) is 9.96. The molecule has 0 amide bonds. The predicted molar refractivity (Wildman–Crippen MR) is 59.3 cm³/mol. The van der Waals surface area contributed by atoms with Crippen LogP contribution in [0.4, 0.5) is 0 Å². The first-order valence-corrected chi connectivity index (χ1v) is 6.34. The molecule has 1 aliphatic heterocycles. The zero-order valence-electron chi connectivity index (χ0n) is 8.38. The summed E-state index contributed by atoms with van der Waals surface area (Å²) >= 11 is 3.30. The van der Waals surface area contributed by atoms with Crippen molar-refractivity contribution in [3.63, 3.8) is 0 Å². The van der Waals surface area contributed by atoms with Gasteiger partial charge in [0.25, 0.3) is 0 Å². The van der Waals surface area contributed by atoms with Crippen molar-refractivity contribution in [2.75, 3.05) is 25.0 Å². The van der Waals surface area contributed by atoms with Crippen molar-refractivity contribution in [2.24, 2.45) is 5.92 Å². The van der Waals surface area contributed by atoms with E-state index in [0.29, 0.717) is 5.33 Å². The van der Waals surface area contributed by atoms with Gasteiger partial charge in [0.2, 0.25) is 0 Å². The fourth-order valence-corrected chi connectivity index (χ4v) is 2.20. The molecule has 1 aliphatic rings. The van der Waals surface area contributed by atoms with Crippen molar-refractivity contribution in [1.82, 2.24) is 4.90 Å². The molecule has 2 atom stereocenters. The average molecular weight is 250 g/mol. The van der Waals surface area contributed by atoms with Gasteiger partial charge in [-0.1, -0.05) is 29.3 Å². The van der Waals surface area contributed by atoms with E-state index in [0.717, 1.165) is 12.5 Å². The average Bonchev–Trinajstić information content (AvgIpc) is 2.18. The fourth-order valence-electron chi connectivity index (χ4n) is 2.00. The van der Waals surface area contributed by atoms with Crippen LogP contribution in [0.5, 0.6) is 0 Å². The first kappa shape index (κ1) is 11.5. The highest BCUT2D eigenvalue weighted by molar-refractivity contribution is 9.09. The van der Waals surface area contributed by atoms with Crippen LogP contribution in [-0.2, 0) is 0 Å². The van der Waals surface area contributed by atoms with Crippen molar-refractivity contribution in [3.05, 3.63) is 0 Å². The summed E-state index contributed by atoms with van der Waals surface area (Å²) < 4.78 is 0. The van der Waals surface area contributed by atoms with Crippen LogP contribution in [0.3, 0.4) is 0 Å². The Balaban J connectivity index is 2.25. The number of alkyl halides is 1. The number of aliphatic hydroxyl groups is 1. The van der Waals surface area contributed by atoms with Gasteiger partial charge in [0, 0.05) is 18.4 Å². The Labute approximate surface area is 89.4 Å². The number of aliphatic hydroxyl groups excluding tert-OH is 1. The van der Waals surface area contributed by atoms with Gasteiger partial charge in [0.1, 0.15) is 0 Å². The molecule has 13 heavy (non-hydrogen) atoms. The van der Waals surface area contributed by atoms with Gasteiger partial charge in [-0.05, 0) is 25.3 Å². The van der Waals surface area contributed by atoms with Crippen LogP contribution < -0.4 is 0 Å². The number of likely N-dealkylation sites (tertiary alicyclic amines) is 1. The van der Waals surface area contributed by atoms with Gasteiger partial charge in [-0.2, -0.15) is 0 Å². The lowest BCUT2D eigenvalue weighted by Gasteiger charge is -2.33. The van der Waals surface area contributed by atoms with Crippen molar-refractivity contribution in [2.45, 2.75) is 32.3 Å². The summed E-state index contributed by atoms with van der Waals surface area (Å²) in [5.74, 6) is 0.858. The Kier molecular flexibility index (Phi) is 5.29. The lowest BCUT2D eigenvalue weighted by molar-refractivity contribution is 0.0969. The Morgan fingerprint density at radius 3 is 3.00 bits per heavy atom. The molecule has 78 valence electrons. The maximum atomic E-state index is 9.48. The molecule has 0 bridgehead atoms. The largest absolute Gasteiger partial charge is 0.391 e. The molecule has 2 unspecified atom stereocenters. The molecule has 0 aromatic rings. The van der Waals surface area contributed by atoms with E-state index >= 15 is 0 Å². The van der Waals surface area contributed by atoms with Crippen LogP contribution in [-0.4, -0.2) is 41.1 Å². The van der Waals surface area contributed by atoms with Crippen molar-refractivity contribution in [3.8, 4) is 0 Å². The second kappa shape index (κ2) is 5.99. The monoisotopic (exact) mass is 249 g/mol. The lowest BCUT2D eigenvalue weighted by Crippen LogP contribution is -2.40. The van der Waals surface area contributed by atoms with Crippen LogP contribution in [0.1, 0.15) is 26.2 Å². The van der Waals surface area contributed by atoms with E-state index in [4.69, 9.17) is 0 Å². The van der Waals surface area contributed by atoms with Gasteiger partial charge in [-0.3, -0.25) is 0 Å². The van der Waals surface area contributed by atoms with Crippen LogP contribution in [0.25, 0.3) is 0 Å². The summed E-state index contributed by atoms with van der Waals surface area (Å²) in [6.07, 6.45) is 3.75. The molecule has 1 heterocycles. The minimum absolute atomic E-state index is 0.199. The standard InChI is InChI=1S/C10H20BrNO/c1-2-9-4-3-5-12(7-9)8-10(13)6-11/h9-10,13H,2-8H2,1H3. The molecule has 0 saturated carbocycles. The Morgan fingerprint density at radius 2 is 2.38 bits per heavy atom. The summed E-state index contributed by atoms with van der Waals surface area (Å²) in [6.45, 7) is 5.44. The summed E-state index contributed by atoms with van der Waals surface area (Å²) in [5.41, 5.74) is 0. The third-order valence-electron chi connectivity index (χ3n) is 2.83. The predicted octanol–water partition coefficient (Wildman–Crippen LogP) is 1.86. The molecule has 0 aliphatic carbocycles. The molecular formula is C10H20BrNO. The Morgan fingerprint density at radius 1 is 1.62 bits per heavy atom. The third-order valence-corrected chi connectivity index (χ3v) is 3.57. The molecule has 1 saturated heterocycles. The molecule has 3 heteroatoms. The summed E-state index contributed by atoms with van der Waals surface area (Å²) in [7, 11) is 0. The SMILES string of the molecule is CCC1CCCN(CC(O)CBr)C1. The van der Waals surface area contributed by atoms with Crippen LogP contribution >= 0.6 is 15.9 Å². The highest BCUT2D eigenvalue weighted by Crippen LogP contribution is 2.19. The van der Waals surface area contributed by atoms with Gasteiger partial charge in [-0.15, -0.1) is 0 Å². The van der Waals surface area contributed by atoms with Gasteiger partial charge >= 0.3 is 0 Å². The molecule has 0 spiro atoms. The number of hydrogen-bond acceptors (Lipinski definition) is 2.